The molecule has 0 heterocycles. The molecule has 3 nitrogen and oxygen atoms in total. The molecule has 0 amide bonds. The van der Waals surface area contributed by atoms with Crippen molar-refractivity contribution in [2.75, 3.05) is 7.11 Å². The lowest BCUT2D eigenvalue weighted by molar-refractivity contribution is -0.0777. The van der Waals surface area contributed by atoms with Crippen molar-refractivity contribution < 1.29 is 14.6 Å². The Morgan fingerprint density at radius 1 is 1.60 bits per heavy atom. The first kappa shape index (κ1) is 12.2. The van der Waals surface area contributed by atoms with Crippen molar-refractivity contribution in [3.8, 4) is 0 Å². The van der Waals surface area contributed by atoms with Crippen molar-refractivity contribution in [1.82, 2.24) is 0 Å². The molecule has 15 heavy (non-hydrogen) atoms. The first-order valence-electron chi connectivity index (χ1n) is 4.62. The Bertz CT molecular complexity index is 339. The number of rotatable bonds is 5. The zero-order valence-corrected chi connectivity index (χ0v) is 9.20. The molecular formula is C11H13ClO3. The monoisotopic (exact) mass is 228 g/mol. The lowest BCUT2D eigenvalue weighted by Gasteiger charge is -2.09. The standard InChI is InChI=1S/C11H13ClO3/c1-15-11(14)5-3-8-2-4-10(12)6-9(8)7-13/h2,4,6-7,11,14H,3,5H2,1H3. The number of hydrogen-bond donors (Lipinski definition) is 1. The highest BCUT2D eigenvalue weighted by molar-refractivity contribution is 6.30. The van der Waals surface area contributed by atoms with Gasteiger partial charge in [-0.05, 0) is 24.1 Å². The van der Waals surface area contributed by atoms with Gasteiger partial charge < -0.3 is 9.84 Å². The number of carbonyl (C=O) groups excluding carboxylic acids is 1. The van der Waals surface area contributed by atoms with Gasteiger partial charge in [0.1, 0.15) is 6.29 Å². The van der Waals surface area contributed by atoms with Crippen LogP contribution in [0.4, 0.5) is 0 Å². The summed E-state index contributed by atoms with van der Waals surface area (Å²) in [6.07, 6.45) is 1.01. The van der Waals surface area contributed by atoms with E-state index in [1.54, 1.807) is 18.2 Å². The second-order valence-electron chi connectivity index (χ2n) is 3.19. The van der Waals surface area contributed by atoms with E-state index in [9.17, 15) is 9.90 Å². The number of halogens is 1. The minimum Gasteiger partial charge on any atom is -0.368 e. The summed E-state index contributed by atoms with van der Waals surface area (Å²) in [4.78, 5) is 10.7. The van der Waals surface area contributed by atoms with Gasteiger partial charge >= 0.3 is 0 Å². The molecule has 1 aromatic rings. The number of aldehydes is 1. The topological polar surface area (TPSA) is 46.5 Å². The van der Waals surface area contributed by atoms with E-state index in [4.69, 9.17) is 16.3 Å². The van der Waals surface area contributed by atoms with Crippen LogP contribution >= 0.6 is 11.6 Å². The second kappa shape index (κ2) is 5.85. The van der Waals surface area contributed by atoms with Crippen LogP contribution in [0.15, 0.2) is 18.2 Å². The van der Waals surface area contributed by atoms with Gasteiger partial charge in [0.05, 0.1) is 0 Å². The Labute approximate surface area is 93.6 Å². The van der Waals surface area contributed by atoms with E-state index in [1.807, 2.05) is 0 Å². The van der Waals surface area contributed by atoms with Crippen LogP contribution < -0.4 is 0 Å². The Morgan fingerprint density at radius 2 is 2.33 bits per heavy atom. The molecule has 0 aromatic heterocycles. The fourth-order valence-corrected chi connectivity index (χ4v) is 1.48. The molecule has 0 saturated heterocycles. The zero-order valence-electron chi connectivity index (χ0n) is 8.44. The predicted molar refractivity (Wildman–Crippen MR) is 58.2 cm³/mol. The van der Waals surface area contributed by atoms with Gasteiger partial charge in [-0.25, -0.2) is 0 Å². The highest BCUT2D eigenvalue weighted by Crippen LogP contribution is 2.16. The van der Waals surface area contributed by atoms with E-state index >= 15 is 0 Å². The Hall–Kier alpha value is -0.900. The van der Waals surface area contributed by atoms with Crippen LogP contribution in [0.3, 0.4) is 0 Å². The van der Waals surface area contributed by atoms with Crippen molar-refractivity contribution in [2.45, 2.75) is 19.1 Å². The third-order valence-corrected chi connectivity index (χ3v) is 2.40. The first-order valence-corrected chi connectivity index (χ1v) is 4.99. The summed E-state index contributed by atoms with van der Waals surface area (Å²) in [5, 5.41) is 9.74. The second-order valence-corrected chi connectivity index (χ2v) is 3.63. The van der Waals surface area contributed by atoms with Gasteiger partial charge in [-0.1, -0.05) is 17.7 Å². The van der Waals surface area contributed by atoms with Crippen molar-refractivity contribution in [2.24, 2.45) is 0 Å². The van der Waals surface area contributed by atoms with Gasteiger partial charge in [0, 0.05) is 24.1 Å². The average Bonchev–Trinajstić information content (AvgIpc) is 2.26. The van der Waals surface area contributed by atoms with E-state index in [-0.39, 0.29) is 0 Å². The number of ether oxygens (including phenoxy) is 1. The molecule has 82 valence electrons. The van der Waals surface area contributed by atoms with E-state index in [0.717, 1.165) is 11.8 Å². The average molecular weight is 229 g/mol. The summed E-state index contributed by atoms with van der Waals surface area (Å²) in [6.45, 7) is 0. The molecule has 0 fully saturated rings. The summed E-state index contributed by atoms with van der Waals surface area (Å²) < 4.78 is 4.71. The summed E-state index contributed by atoms with van der Waals surface area (Å²) in [6, 6.07) is 5.13. The number of aliphatic hydroxyl groups is 1. The van der Waals surface area contributed by atoms with Gasteiger partial charge in [0.2, 0.25) is 0 Å². The highest BCUT2D eigenvalue weighted by atomic mass is 35.5. The van der Waals surface area contributed by atoms with Crippen molar-refractivity contribution in [1.29, 1.82) is 0 Å². The third kappa shape index (κ3) is 3.63. The summed E-state index contributed by atoms with van der Waals surface area (Å²) in [5.74, 6) is 0. The maximum Gasteiger partial charge on any atom is 0.154 e. The molecule has 0 radical (unpaired) electrons. The van der Waals surface area contributed by atoms with Crippen LogP contribution in [0.5, 0.6) is 0 Å². The van der Waals surface area contributed by atoms with Crippen LogP contribution in [0.1, 0.15) is 22.3 Å². The Kier molecular flexibility index (Phi) is 4.75. The molecular weight excluding hydrogens is 216 g/mol. The van der Waals surface area contributed by atoms with Gasteiger partial charge in [-0.15, -0.1) is 0 Å². The molecule has 0 aliphatic heterocycles. The molecule has 0 bridgehead atoms. The van der Waals surface area contributed by atoms with Crippen molar-refractivity contribution in [3.05, 3.63) is 34.3 Å². The van der Waals surface area contributed by atoms with Crippen LogP contribution in [-0.4, -0.2) is 24.8 Å². The van der Waals surface area contributed by atoms with E-state index < -0.39 is 6.29 Å². The minimum absolute atomic E-state index is 0.457. The fourth-order valence-electron chi connectivity index (χ4n) is 1.30. The quantitative estimate of drug-likeness (QED) is 0.620. The maximum absolute atomic E-state index is 10.7. The SMILES string of the molecule is COC(O)CCc1ccc(Cl)cc1C=O. The molecule has 0 aliphatic rings. The summed E-state index contributed by atoms with van der Waals surface area (Å²) in [5.41, 5.74) is 1.43. The van der Waals surface area contributed by atoms with Crippen LogP contribution in [-0.2, 0) is 11.2 Å². The maximum atomic E-state index is 10.7. The van der Waals surface area contributed by atoms with E-state index in [1.165, 1.54) is 7.11 Å². The lowest BCUT2D eigenvalue weighted by atomic mass is 10.0. The van der Waals surface area contributed by atoms with E-state index in [0.29, 0.717) is 23.4 Å². The number of aliphatic hydroxyl groups excluding tert-OH is 1. The number of carbonyl (C=O) groups is 1. The third-order valence-electron chi connectivity index (χ3n) is 2.17. The molecule has 4 heteroatoms. The minimum atomic E-state index is -0.791. The van der Waals surface area contributed by atoms with Gasteiger partial charge in [0.25, 0.3) is 0 Å². The molecule has 0 spiro atoms. The normalized spacial score (nSPS) is 12.5. The smallest absolute Gasteiger partial charge is 0.154 e. The number of methoxy groups -OCH3 is 1. The van der Waals surface area contributed by atoms with Gasteiger partial charge in [0.15, 0.2) is 6.29 Å². The summed E-state index contributed by atoms with van der Waals surface area (Å²) in [7, 11) is 1.44. The predicted octanol–water partition coefficient (Wildman–Crippen LogP) is 2.05. The molecule has 1 N–H and O–H groups in total. The fraction of sp³-hybridized carbons (Fsp3) is 0.364. The lowest BCUT2D eigenvalue weighted by Crippen LogP contribution is -2.10. The highest BCUT2D eigenvalue weighted by Gasteiger charge is 2.06. The molecule has 1 atom stereocenters. The molecule has 0 aliphatic carbocycles. The number of aryl methyl sites for hydroxylation is 1. The van der Waals surface area contributed by atoms with Crippen molar-refractivity contribution >= 4 is 17.9 Å². The number of hydrogen-bond acceptors (Lipinski definition) is 3. The van der Waals surface area contributed by atoms with Crippen LogP contribution in [0.25, 0.3) is 0 Å². The molecule has 1 aromatic carbocycles. The zero-order chi connectivity index (χ0) is 11.3. The van der Waals surface area contributed by atoms with Crippen LogP contribution in [0, 0.1) is 0 Å². The Morgan fingerprint density at radius 3 is 2.93 bits per heavy atom. The number of benzene rings is 1. The molecule has 0 saturated carbocycles. The first-order chi connectivity index (χ1) is 7.17. The van der Waals surface area contributed by atoms with Crippen LogP contribution in [0.2, 0.25) is 5.02 Å². The van der Waals surface area contributed by atoms with Gasteiger partial charge in [-0.2, -0.15) is 0 Å². The van der Waals surface area contributed by atoms with Crippen molar-refractivity contribution in [3.63, 3.8) is 0 Å². The Balaban J connectivity index is 2.72. The largest absolute Gasteiger partial charge is 0.368 e. The van der Waals surface area contributed by atoms with E-state index in [2.05, 4.69) is 0 Å². The summed E-state index contributed by atoms with van der Waals surface area (Å²) >= 11 is 5.75. The van der Waals surface area contributed by atoms with Gasteiger partial charge in [-0.3, -0.25) is 4.79 Å². The molecule has 1 unspecified atom stereocenters. The molecule has 1 rings (SSSR count).